The van der Waals surface area contributed by atoms with Crippen molar-refractivity contribution in [2.45, 2.75) is 18.5 Å². The summed E-state index contributed by atoms with van der Waals surface area (Å²) >= 11 is 0. The fourth-order valence-corrected chi connectivity index (χ4v) is 14.7. The topological polar surface area (TPSA) is 4.93 Å². The number of aromatic nitrogens is 1. The minimum atomic E-state index is -2.15. The highest BCUT2D eigenvalue weighted by molar-refractivity contribution is 7.79. The van der Waals surface area contributed by atoms with Gasteiger partial charge in [0, 0.05) is 10.8 Å². The largest absolute Gasteiger partial charge is 0.309 e. The summed E-state index contributed by atoms with van der Waals surface area (Å²) in [5.74, 6) is 0. The van der Waals surface area contributed by atoms with Crippen molar-refractivity contribution < 1.29 is 0 Å². The first-order valence-electron chi connectivity index (χ1n) is 16.9. The molecule has 8 aromatic rings. The number of rotatable bonds is 3. The third-order valence-electron chi connectivity index (χ3n) is 11.0. The van der Waals surface area contributed by atoms with Crippen LogP contribution in [0.5, 0.6) is 0 Å². The summed E-state index contributed by atoms with van der Waals surface area (Å²) in [4.78, 5) is 0. The summed E-state index contributed by atoms with van der Waals surface area (Å²) in [7, 11) is -2.87. The molecule has 3 heterocycles. The Morgan fingerprint density at radius 2 is 1.04 bits per heavy atom. The minimum absolute atomic E-state index is 0.435. The number of fused-ring (bicyclic) bond motifs is 11. The highest BCUT2D eigenvalue weighted by Gasteiger charge is 2.53. The lowest BCUT2D eigenvalue weighted by Gasteiger charge is -2.49. The van der Waals surface area contributed by atoms with Crippen LogP contribution in [-0.2, 0) is 5.41 Å². The number of hydrogen-bond acceptors (Lipinski definition) is 0. The molecule has 0 saturated carbocycles. The third kappa shape index (κ3) is 3.60. The van der Waals surface area contributed by atoms with E-state index in [0.717, 1.165) is 0 Å². The Kier molecular flexibility index (Phi) is 5.98. The molecule has 48 heavy (non-hydrogen) atoms. The lowest BCUT2D eigenvalue weighted by molar-refractivity contribution is 0.732. The van der Waals surface area contributed by atoms with Crippen LogP contribution >= 0.6 is 7.92 Å². The van der Waals surface area contributed by atoms with Gasteiger partial charge in [0.1, 0.15) is 8.07 Å². The standard InChI is InChI=1S/C45H34NPSi/c1-48(2)42-27-14-11-23-37(42)45(38-29-28-33(30-43(38)48)47(31-16-5-3-6-17-31)32-18-7-4-8-19-32)36-22-10-13-26-41(36)46-40-25-12-9-20-34(40)35-21-15-24-39(45)44(35)46/h3-30H,1-2H3. The van der Waals surface area contributed by atoms with Gasteiger partial charge in [0.25, 0.3) is 0 Å². The van der Waals surface area contributed by atoms with Gasteiger partial charge in [-0.2, -0.15) is 0 Å². The lowest BCUT2D eigenvalue weighted by Crippen LogP contribution is -2.64. The summed E-state index contributed by atoms with van der Waals surface area (Å²) < 4.78 is 2.54. The molecule has 228 valence electrons. The molecule has 0 aliphatic carbocycles. The first-order valence-corrected chi connectivity index (χ1v) is 21.2. The van der Waals surface area contributed by atoms with E-state index < -0.39 is 21.4 Å². The summed E-state index contributed by atoms with van der Waals surface area (Å²) in [6.07, 6.45) is 0. The highest BCUT2D eigenvalue weighted by atomic mass is 31.1. The van der Waals surface area contributed by atoms with Crippen molar-refractivity contribution in [2.75, 3.05) is 0 Å². The van der Waals surface area contributed by atoms with E-state index in [1.807, 2.05) is 0 Å². The maximum Gasteiger partial charge on any atom is 0.113 e. The Balaban J connectivity index is 1.35. The minimum Gasteiger partial charge on any atom is -0.309 e. The zero-order valence-corrected chi connectivity index (χ0v) is 29.0. The normalized spacial score (nSPS) is 17.0. The average molecular weight is 648 g/mol. The zero-order valence-electron chi connectivity index (χ0n) is 27.1. The molecular weight excluding hydrogens is 614 g/mol. The first-order chi connectivity index (χ1) is 23.6. The predicted octanol–water partition coefficient (Wildman–Crippen LogP) is 8.37. The average Bonchev–Trinajstić information content (AvgIpc) is 3.48. The highest BCUT2D eigenvalue weighted by Crippen LogP contribution is 2.55. The van der Waals surface area contributed by atoms with Gasteiger partial charge in [-0.1, -0.05) is 171 Å². The zero-order chi connectivity index (χ0) is 32.0. The van der Waals surface area contributed by atoms with Gasteiger partial charge in [0.2, 0.25) is 0 Å². The van der Waals surface area contributed by atoms with Crippen LogP contribution in [0.4, 0.5) is 0 Å². The van der Waals surface area contributed by atoms with E-state index in [-0.39, 0.29) is 0 Å². The molecule has 2 aliphatic rings. The van der Waals surface area contributed by atoms with Gasteiger partial charge < -0.3 is 4.57 Å². The summed E-state index contributed by atoms with van der Waals surface area (Å²) in [6, 6.07) is 64.5. The van der Waals surface area contributed by atoms with Gasteiger partial charge in [0.15, 0.2) is 0 Å². The van der Waals surface area contributed by atoms with Crippen molar-refractivity contribution in [3.8, 4) is 5.69 Å². The molecule has 3 heteroatoms. The Morgan fingerprint density at radius 3 is 1.81 bits per heavy atom. The third-order valence-corrected chi connectivity index (χ3v) is 17.0. The van der Waals surface area contributed by atoms with Gasteiger partial charge in [-0.25, -0.2) is 0 Å². The SMILES string of the molecule is C[Si]1(C)c2ccccc2C2(c3ccccc3-n3c4ccccc4c4cccc2c43)c2ccc(P(c3ccccc3)c3ccccc3)cc21. The molecule has 0 radical (unpaired) electrons. The van der Waals surface area contributed by atoms with Gasteiger partial charge in [-0.15, -0.1) is 0 Å². The molecule has 1 aromatic heterocycles. The van der Waals surface area contributed by atoms with Crippen LogP contribution < -0.4 is 26.3 Å². The monoisotopic (exact) mass is 647 g/mol. The van der Waals surface area contributed by atoms with Crippen molar-refractivity contribution >= 4 is 64.1 Å². The molecule has 7 aromatic carbocycles. The maximum atomic E-state index is 2.64. The van der Waals surface area contributed by atoms with Gasteiger partial charge in [-0.05, 0) is 68.6 Å². The van der Waals surface area contributed by atoms with Crippen molar-refractivity contribution in [3.05, 3.63) is 192 Å². The second-order valence-corrected chi connectivity index (χ2v) is 20.3. The molecule has 10 rings (SSSR count). The Morgan fingerprint density at radius 1 is 0.458 bits per heavy atom. The van der Waals surface area contributed by atoms with Crippen molar-refractivity contribution in [1.29, 1.82) is 0 Å². The van der Waals surface area contributed by atoms with Crippen molar-refractivity contribution in [3.63, 3.8) is 0 Å². The van der Waals surface area contributed by atoms with E-state index in [1.165, 1.54) is 70.8 Å². The molecule has 0 amide bonds. The molecule has 0 fully saturated rings. The predicted molar refractivity (Wildman–Crippen MR) is 208 cm³/mol. The molecule has 1 unspecified atom stereocenters. The summed E-state index contributed by atoms with van der Waals surface area (Å²) in [6.45, 7) is 5.14. The van der Waals surface area contributed by atoms with E-state index in [2.05, 4.69) is 188 Å². The molecule has 1 nitrogen and oxygen atoms in total. The quantitative estimate of drug-likeness (QED) is 0.134. The molecule has 0 N–H and O–H groups in total. The summed E-state index contributed by atoms with van der Waals surface area (Å²) in [5.41, 5.74) is 9.10. The van der Waals surface area contributed by atoms with Crippen LogP contribution in [0.1, 0.15) is 22.3 Å². The van der Waals surface area contributed by atoms with Crippen molar-refractivity contribution in [2.24, 2.45) is 0 Å². The van der Waals surface area contributed by atoms with Crippen LogP contribution in [0.3, 0.4) is 0 Å². The number of benzene rings is 7. The van der Waals surface area contributed by atoms with Crippen LogP contribution in [0.25, 0.3) is 27.5 Å². The maximum absolute atomic E-state index is 2.64. The van der Waals surface area contributed by atoms with E-state index in [1.54, 1.807) is 5.19 Å². The van der Waals surface area contributed by atoms with Crippen LogP contribution in [0.2, 0.25) is 13.1 Å². The molecule has 0 saturated heterocycles. The van der Waals surface area contributed by atoms with Crippen LogP contribution in [0.15, 0.2) is 170 Å². The van der Waals surface area contributed by atoms with Gasteiger partial charge in [0.05, 0.1) is 22.1 Å². The second-order valence-electron chi connectivity index (χ2n) is 13.7. The Hall–Kier alpha value is -5.01. The Labute approximate surface area is 283 Å². The first kappa shape index (κ1) is 28.0. The smallest absolute Gasteiger partial charge is 0.113 e. The van der Waals surface area contributed by atoms with Crippen LogP contribution in [-0.4, -0.2) is 12.6 Å². The molecule has 2 aliphatic heterocycles. The lowest BCUT2D eigenvalue weighted by atomic mass is 9.62. The van der Waals surface area contributed by atoms with E-state index >= 15 is 0 Å². The van der Waals surface area contributed by atoms with E-state index in [4.69, 9.17) is 0 Å². The number of para-hydroxylation sites is 3. The van der Waals surface area contributed by atoms with Crippen LogP contribution in [0, 0.1) is 0 Å². The van der Waals surface area contributed by atoms with E-state index in [0.29, 0.717) is 0 Å². The van der Waals surface area contributed by atoms with Gasteiger partial charge in [-0.3, -0.25) is 0 Å². The van der Waals surface area contributed by atoms with E-state index in [9.17, 15) is 0 Å². The Bertz CT molecular complexity index is 2510. The van der Waals surface area contributed by atoms with Gasteiger partial charge >= 0.3 is 0 Å². The second kappa shape index (κ2) is 10.2. The molecule has 0 bridgehead atoms. The van der Waals surface area contributed by atoms with Crippen molar-refractivity contribution in [1.82, 2.24) is 4.57 Å². The fraction of sp³-hybridized carbons (Fsp3) is 0.0667. The molecule has 1 spiro atoms. The molecule has 1 atom stereocenters. The number of hydrogen-bond donors (Lipinski definition) is 0. The fourth-order valence-electron chi connectivity index (χ4n) is 9.04. The summed E-state index contributed by atoms with van der Waals surface area (Å²) in [5, 5.41) is 9.93. The number of nitrogens with zero attached hydrogens (tertiary/aromatic N) is 1. The molecular formula is C45H34NPSi.